The monoisotopic (exact) mass is 480 g/mol. The summed E-state index contributed by atoms with van der Waals surface area (Å²) in [7, 11) is 0. The second-order valence-electron chi connectivity index (χ2n) is 11.1. The fraction of sp³-hybridized carbons (Fsp3) is 0.636. The third kappa shape index (κ3) is 15.2. The van der Waals surface area contributed by atoms with Gasteiger partial charge in [-0.15, -0.1) is 0 Å². The molecule has 0 spiro atoms. The number of hydrogen-bond acceptors (Lipinski definition) is 2. The highest BCUT2D eigenvalue weighted by Crippen LogP contribution is 2.15. The Bertz CT molecular complexity index is 753. The van der Waals surface area contributed by atoms with Gasteiger partial charge in [0.15, 0.2) is 0 Å². The first kappa shape index (κ1) is 29.6. The fourth-order valence-corrected chi connectivity index (χ4v) is 4.60. The van der Waals surface area contributed by atoms with Crippen LogP contribution in [-0.2, 0) is 28.9 Å². The molecule has 0 aliphatic heterocycles. The molecule has 35 heavy (non-hydrogen) atoms. The van der Waals surface area contributed by atoms with Gasteiger partial charge in [-0.3, -0.25) is 0 Å². The summed E-state index contributed by atoms with van der Waals surface area (Å²) in [5.74, 6) is 1.46. The summed E-state index contributed by atoms with van der Waals surface area (Å²) in [6.07, 6.45) is 14.1. The molecule has 1 unspecified atom stereocenters. The molecule has 0 fully saturated rings. The molecule has 0 bridgehead atoms. The normalized spacial score (nSPS) is 12.5. The van der Waals surface area contributed by atoms with Crippen molar-refractivity contribution in [3.8, 4) is 0 Å². The predicted octanol–water partition coefficient (Wildman–Crippen LogP) is 9.20. The summed E-state index contributed by atoms with van der Waals surface area (Å²) in [6.45, 7) is 11.4. The molecule has 0 saturated carbocycles. The first-order chi connectivity index (χ1) is 17.0. The second kappa shape index (κ2) is 18.6. The number of rotatable bonds is 20. The summed E-state index contributed by atoms with van der Waals surface area (Å²) in [5.41, 5.74) is 4.24. The molecule has 2 aromatic rings. The third-order valence-electron chi connectivity index (χ3n) is 6.61. The predicted molar refractivity (Wildman–Crippen MR) is 151 cm³/mol. The molecular weight excluding hydrogens is 428 g/mol. The van der Waals surface area contributed by atoms with Crippen LogP contribution in [0, 0.1) is 11.8 Å². The molecule has 0 saturated heterocycles. The maximum absolute atomic E-state index is 6.17. The quantitative estimate of drug-likeness (QED) is 0.176. The van der Waals surface area contributed by atoms with E-state index in [0.717, 1.165) is 25.4 Å². The first-order valence-electron chi connectivity index (χ1n) is 14.3. The lowest BCUT2D eigenvalue weighted by atomic mass is 10.00. The van der Waals surface area contributed by atoms with E-state index in [9.17, 15) is 0 Å². The topological polar surface area (TPSA) is 18.5 Å². The molecule has 2 nitrogen and oxygen atoms in total. The average Bonchev–Trinajstić information content (AvgIpc) is 2.84. The van der Waals surface area contributed by atoms with Crippen LogP contribution in [-0.4, -0.2) is 19.3 Å². The second-order valence-corrected chi connectivity index (χ2v) is 11.1. The van der Waals surface area contributed by atoms with E-state index in [0.29, 0.717) is 19.1 Å². The summed E-state index contributed by atoms with van der Waals surface area (Å²) >= 11 is 0. The average molecular weight is 481 g/mol. The molecule has 1 atom stereocenters. The molecule has 0 aliphatic carbocycles. The Morgan fingerprint density at radius 2 is 1.26 bits per heavy atom. The van der Waals surface area contributed by atoms with Crippen molar-refractivity contribution in [2.24, 2.45) is 11.8 Å². The van der Waals surface area contributed by atoms with E-state index in [4.69, 9.17) is 9.47 Å². The Hall–Kier alpha value is -1.64. The van der Waals surface area contributed by atoms with Crippen LogP contribution in [0.2, 0.25) is 0 Å². The van der Waals surface area contributed by atoms with E-state index in [1.54, 1.807) is 0 Å². The number of benzene rings is 2. The highest BCUT2D eigenvalue weighted by Gasteiger charge is 2.12. The smallest absolute Gasteiger partial charge is 0.0815 e. The zero-order valence-corrected chi connectivity index (χ0v) is 23.1. The van der Waals surface area contributed by atoms with Crippen molar-refractivity contribution < 1.29 is 9.47 Å². The lowest BCUT2D eigenvalue weighted by Gasteiger charge is -2.20. The molecule has 0 heterocycles. The number of unbranched alkanes of at least 4 members (excludes halogenated alkanes) is 5. The largest absolute Gasteiger partial charge is 0.379 e. The fourth-order valence-electron chi connectivity index (χ4n) is 4.60. The van der Waals surface area contributed by atoms with Crippen molar-refractivity contribution in [2.45, 2.75) is 111 Å². The summed E-state index contributed by atoms with van der Waals surface area (Å²) in [6, 6.07) is 19.7. The molecule has 2 heteroatoms. The zero-order chi connectivity index (χ0) is 25.1. The Morgan fingerprint density at radius 1 is 0.629 bits per heavy atom. The van der Waals surface area contributed by atoms with Gasteiger partial charge in [-0.05, 0) is 67.1 Å². The zero-order valence-electron chi connectivity index (χ0n) is 23.1. The summed E-state index contributed by atoms with van der Waals surface area (Å²) in [4.78, 5) is 0. The van der Waals surface area contributed by atoms with Crippen LogP contribution in [0.4, 0.5) is 0 Å². The van der Waals surface area contributed by atoms with Gasteiger partial charge in [-0.1, -0.05) is 114 Å². The van der Waals surface area contributed by atoms with Crippen LogP contribution in [0.25, 0.3) is 0 Å². The Kier molecular flexibility index (Phi) is 15.7. The van der Waals surface area contributed by atoms with Crippen molar-refractivity contribution in [1.29, 1.82) is 0 Å². The van der Waals surface area contributed by atoms with Crippen LogP contribution in [0.5, 0.6) is 0 Å². The Balaban J connectivity index is 1.55. The van der Waals surface area contributed by atoms with Gasteiger partial charge < -0.3 is 9.47 Å². The molecule has 0 radical (unpaired) electrons. The van der Waals surface area contributed by atoms with Gasteiger partial charge >= 0.3 is 0 Å². The maximum Gasteiger partial charge on any atom is 0.0815 e. The van der Waals surface area contributed by atoms with Gasteiger partial charge in [0.25, 0.3) is 0 Å². The molecule has 0 N–H and O–H groups in total. The van der Waals surface area contributed by atoms with Gasteiger partial charge in [0.1, 0.15) is 0 Å². The number of hydrogen-bond donors (Lipinski definition) is 0. The molecule has 2 rings (SSSR count). The van der Waals surface area contributed by atoms with Gasteiger partial charge in [0.05, 0.1) is 19.3 Å². The highest BCUT2D eigenvalue weighted by molar-refractivity contribution is 5.23. The minimum atomic E-state index is 0.174. The van der Waals surface area contributed by atoms with Gasteiger partial charge in [-0.2, -0.15) is 0 Å². The van der Waals surface area contributed by atoms with Crippen LogP contribution >= 0.6 is 0 Å². The molecular formula is C33H52O2. The maximum atomic E-state index is 6.17. The number of ether oxygens (including phenoxy) is 2. The standard InChI is InChI=1S/C33H52O2/c1-28(2)16-9-5-6-10-17-30-21-15-22-31(25-30)18-13-8-14-23-34-27-33(24-29(3)4)35-26-32-19-11-7-12-20-32/h7,11-12,15,19-22,25,28-29,33H,5-6,8-10,13-14,16-18,23-24,26-27H2,1-4H3. The molecule has 196 valence electrons. The van der Waals surface area contributed by atoms with Crippen LogP contribution in [0.1, 0.15) is 102 Å². The van der Waals surface area contributed by atoms with E-state index in [2.05, 4.69) is 76.2 Å². The van der Waals surface area contributed by atoms with Gasteiger partial charge in [0.2, 0.25) is 0 Å². The van der Waals surface area contributed by atoms with E-state index in [1.807, 2.05) is 6.07 Å². The van der Waals surface area contributed by atoms with Crippen LogP contribution < -0.4 is 0 Å². The van der Waals surface area contributed by atoms with E-state index in [1.165, 1.54) is 74.5 Å². The van der Waals surface area contributed by atoms with E-state index in [-0.39, 0.29) is 6.10 Å². The summed E-state index contributed by atoms with van der Waals surface area (Å²) in [5, 5.41) is 0. The van der Waals surface area contributed by atoms with Gasteiger partial charge in [-0.25, -0.2) is 0 Å². The highest BCUT2D eigenvalue weighted by atomic mass is 16.5. The molecule has 0 amide bonds. The Morgan fingerprint density at radius 3 is 1.91 bits per heavy atom. The minimum absolute atomic E-state index is 0.174. The van der Waals surface area contributed by atoms with Gasteiger partial charge in [0, 0.05) is 6.61 Å². The van der Waals surface area contributed by atoms with E-state index >= 15 is 0 Å². The van der Waals surface area contributed by atoms with E-state index < -0.39 is 0 Å². The van der Waals surface area contributed by atoms with Crippen LogP contribution in [0.3, 0.4) is 0 Å². The molecule has 2 aromatic carbocycles. The third-order valence-corrected chi connectivity index (χ3v) is 6.61. The van der Waals surface area contributed by atoms with Crippen molar-refractivity contribution in [3.05, 3.63) is 71.3 Å². The van der Waals surface area contributed by atoms with Crippen LogP contribution in [0.15, 0.2) is 54.6 Å². The minimum Gasteiger partial charge on any atom is -0.379 e. The Labute approximate surface area is 216 Å². The molecule has 0 aromatic heterocycles. The van der Waals surface area contributed by atoms with Crippen molar-refractivity contribution in [3.63, 3.8) is 0 Å². The summed E-state index contributed by atoms with van der Waals surface area (Å²) < 4.78 is 12.2. The lowest BCUT2D eigenvalue weighted by molar-refractivity contribution is -0.0346. The SMILES string of the molecule is CC(C)CCCCCCc1cccc(CCCCCOCC(CC(C)C)OCc2ccccc2)c1. The van der Waals surface area contributed by atoms with Crippen molar-refractivity contribution >= 4 is 0 Å². The number of aryl methyl sites for hydroxylation is 2. The van der Waals surface area contributed by atoms with Crippen molar-refractivity contribution in [2.75, 3.05) is 13.2 Å². The first-order valence-corrected chi connectivity index (χ1v) is 14.3. The molecule has 0 aliphatic rings. The lowest BCUT2D eigenvalue weighted by Crippen LogP contribution is -2.22. The van der Waals surface area contributed by atoms with Crippen molar-refractivity contribution in [1.82, 2.24) is 0 Å².